The molecular formula is C12H13ClN2O2S. The molecule has 0 amide bonds. The van der Waals surface area contributed by atoms with Crippen molar-refractivity contribution in [2.45, 2.75) is 26.7 Å². The SMILES string of the molecule is CCCCNC1=C(C)C(=O)c2sc(Cl)nc2C1=O. The van der Waals surface area contributed by atoms with Crippen LogP contribution in [0.15, 0.2) is 11.3 Å². The molecule has 18 heavy (non-hydrogen) atoms. The van der Waals surface area contributed by atoms with Crippen molar-refractivity contribution < 1.29 is 9.59 Å². The number of halogens is 1. The Morgan fingerprint density at radius 2 is 2.06 bits per heavy atom. The van der Waals surface area contributed by atoms with Gasteiger partial charge in [0.1, 0.15) is 10.6 Å². The minimum atomic E-state index is -0.235. The molecule has 1 N–H and O–H groups in total. The van der Waals surface area contributed by atoms with Crippen LogP contribution in [-0.4, -0.2) is 23.1 Å². The highest BCUT2D eigenvalue weighted by molar-refractivity contribution is 7.18. The molecule has 4 nitrogen and oxygen atoms in total. The zero-order valence-electron chi connectivity index (χ0n) is 10.2. The van der Waals surface area contributed by atoms with E-state index in [1.807, 2.05) is 0 Å². The van der Waals surface area contributed by atoms with Gasteiger partial charge in [0.05, 0.1) is 5.70 Å². The number of carbonyl (C=O) groups excluding carboxylic acids is 2. The van der Waals surface area contributed by atoms with Crippen LogP contribution in [0.3, 0.4) is 0 Å². The van der Waals surface area contributed by atoms with Crippen molar-refractivity contribution in [2.24, 2.45) is 0 Å². The van der Waals surface area contributed by atoms with Crippen LogP contribution in [-0.2, 0) is 0 Å². The minimum absolute atomic E-state index is 0.159. The molecule has 0 fully saturated rings. The van der Waals surface area contributed by atoms with Crippen molar-refractivity contribution in [3.05, 3.63) is 26.3 Å². The molecule has 6 heteroatoms. The van der Waals surface area contributed by atoms with Crippen LogP contribution in [0.25, 0.3) is 0 Å². The van der Waals surface area contributed by atoms with Gasteiger partial charge in [0, 0.05) is 12.1 Å². The Labute approximate surface area is 114 Å². The molecular weight excluding hydrogens is 272 g/mol. The van der Waals surface area contributed by atoms with Crippen LogP contribution in [0.1, 0.15) is 46.8 Å². The van der Waals surface area contributed by atoms with Crippen molar-refractivity contribution in [3.63, 3.8) is 0 Å². The highest BCUT2D eigenvalue weighted by atomic mass is 35.5. The standard InChI is InChI=1S/C12H13ClN2O2S/c1-3-4-5-14-7-6(2)9(16)11-8(10(7)17)15-12(13)18-11/h14H,3-5H2,1-2H3. The van der Waals surface area contributed by atoms with E-state index in [0.717, 1.165) is 24.2 Å². The maximum Gasteiger partial charge on any atom is 0.229 e. The predicted molar refractivity (Wildman–Crippen MR) is 71.4 cm³/mol. The Balaban J connectivity index is 2.33. The van der Waals surface area contributed by atoms with Crippen LogP contribution < -0.4 is 5.32 Å². The van der Waals surface area contributed by atoms with Crippen molar-refractivity contribution in [1.29, 1.82) is 0 Å². The molecule has 1 heterocycles. The quantitative estimate of drug-likeness (QED) is 0.864. The molecule has 0 radical (unpaired) electrons. The van der Waals surface area contributed by atoms with Crippen LogP contribution in [0.4, 0.5) is 0 Å². The van der Waals surface area contributed by atoms with Crippen molar-refractivity contribution >= 4 is 34.5 Å². The first-order valence-corrected chi connectivity index (χ1v) is 6.96. The molecule has 1 aliphatic rings. The van der Waals surface area contributed by atoms with Gasteiger partial charge in [-0.15, -0.1) is 0 Å². The van der Waals surface area contributed by atoms with Gasteiger partial charge in [-0.25, -0.2) is 4.98 Å². The number of unbranched alkanes of at least 4 members (excludes halogenated alkanes) is 1. The van der Waals surface area contributed by atoms with Gasteiger partial charge in [-0.3, -0.25) is 9.59 Å². The van der Waals surface area contributed by atoms with Gasteiger partial charge < -0.3 is 5.32 Å². The Bertz CT molecular complexity index is 548. The Kier molecular flexibility index (Phi) is 3.82. The second-order valence-corrected chi connectivity index (χ2v) is 5.66. The fourth-order valence-electron chi connectivity index (χ4n) is 1.78. The second kappa shape index (κ2) is 5.20. The lowest BCUT2D eigenvalue weighted by Crippen LogP contribution is -2.29. The number of allylic oxidation sites excluding steroid dienone is 2. The van der Waals surface area contributed by atoms with Gasteiger partial charge in [0.2, 0.25) is 11.6 Å². The fourth-order valence-corrected chi connectivity index (χ4v) is 2.88. The summed E-state index contributed by atoms with van der Waals surface area (Å²) in [5.41, 5.74) is 0.992. The number of nitrogens with one attached hydrogen (secondary N) is 1. The summed E-state index contributed by atoms with van der Waals surface area (Å²) >= 11 is 6.83. The normalized spacial score (nSPS) is 15.1. The third-order valence-electron chi connectivity index (χ3n) is 2.80. The molecule has 0 unspecified atom stereocenters. The van der Waals surface area contributed by atoms with E-state index in [0.29, 0.717) is 22.7 Å². The molecule has 0 saturated carbocycles. The van der Waals surface area contributed by atoms with Gasteiger partial charge >= 0.3 is 0 Å². The molecule has 0 bridgehead atoms. The number of thiazole rings is 1. The third-order valence-corrected chi connectivity index (χ3v) is 3.96. The van der Waals surface area contributed by atoms with Gasteiger partial charge in [-0.1, -0.05) is 36.3 Å². The van der Waals surface area contributed by atoms with Crippen molar-refractivity contribution in [3.8, 4) is 0 Å². The Hall–Kier alpha value is -1.20. The first-order valence-electron chi connectivity index (χ1n) is 5.76. The topological polar surface area (TPSA) is 59.1 Å². The van der Waals surface area contributed by atoms with E-state index in [4.69, 9.17) is 11.6 Å². The molecule has 0 aromatic carbocycles. The van der Waals surface area contributed by atoms with Gasteiger partial charge in [-0.2, -0.15) is 0 Å². The largest absolute Gasteiger partial charge is 0.381 e. The summed E-state index contributed by atoms with van der Waals surface area (Å²) in [5, 5.41) is 3.03. The number of nitrogens with zero attached hydrogens (tertiary/aromatic N) is 1. The van der Waals surface area contributed by atoms with E-state index in [1.54, 1.807) is 6.92 Å². The van der Waals surface area contributed by atoms with Gasteiger partial charge in [0.25, 0.3) is 0 Å². The summed E-state index contributed by atoms with van der Waals surface area (Å²) in [5.74, 6) is -0.394. The average molecular weight is 285 g/mol. The van der Waals surface area contributed by atoms with Gasteiger partial charge in [0.15, 0.2) is 4.47 Å². The van der Waals surface area contributed by atoms with E-state index in [2.05, 4.69) is 17.2 Å². The molecule has 0 atom stereocenters. The average Bonchev–Trinajstić information content (AvgIpc) is 2.73. The summed E-state index contributed by atoms with van der Waals surface area (Å²) in [4.78, 5) is 28.6. The lowest BCUT2D eigenvalue weighted by molar-refractivity contribution is 0.0968. The smallest absolute Gasteiger partial charge is 0.229 e. The van der Waals surface area contributed by atoms with Crippen LogP contribution >= 0.6 is 22.9 Å². The second-order valence-electron chi connectivity index (χ2n) is 4.08. The molecule has 1 aromatic rings. The summed E-state index contributed by atoms with van der Waals surface area (Å²) in [6.07, 6.45) is 1.97. The van der Waals surface area contributed by atoms with E-state index < -0.39 is 0 Å². The van der Waals surface area contributed by atoms with Crippen molar-refractivity contribution in [2.75, 3.05) is 6.54 Å². The molecule has 96 valence electrons. The molecule has 0 saturated heterocycles. The fraction of sp³-hybridized carbons (Fsp3) is 0.417. The lowest BCUT2D eigenvalue weighted by atomic mass is 9.97. The van der Waals surface area contributed by atoms with E-state index in [9.17, 15) is 9.59 Å². The molecule has 1 aliphatic carbocycles. The molecule has 2 rings (SSSR count). The molecule has 0 spiro atoms. The number of hydrogen-bond acceptors (Lipinski definition) is 5. The maximum atomic E-state index is 12.2. The van der Waals surface area contributed by atoms with Crippen LogP contribution in [0, 0.1) is 0 Å². The van der Waals surface area contributed by atoms with E-state index in [1.165, 1.54) is 0 Å². The Morgan fingerprint density at radius 3 is 2.72 bits per heavy atom. The van der Waals surface area contributed by atoms with E-state index >= 15 is 0 Å². The maximum absolute atomic E-state index is 12.2. The van der Waals surface area contributed by atoms with Gasteiger partial charge in [-0.05, 0) is 13.3 Å². The zero-order chi connectivity index (χ0) is 13.3. The van der Waals surface area contributed by atoms with E-state index in [-0.39, 0.29) is 21.7 Å². The minimum Gasteiger partial charge on any atom is -0.381 e. The monoisotopic (exact) mass is 284 g/mol. The number of Topliss-reactive ketones (excluding diaryl/α,β-unsaturated/α-hetero) is 2. The van der Waals surface area contributed by atoms with Crippen LogP contribution in [0.2, 0.25) is 4.47 Å². The lowest BCUT2D eigenvalue weighted by Gasteiger charge is -2.16. The zero-order valence-corrected chi connectivity index (χ0v) is 11.7. The summed E-state index contributed by atoms with van der Waals surface area (Å²) in [6.45, 7) is 4.40. The number of fused-ring (bicyclic) bond motifs is 1. The molecule has 1 aromatic heterocycles. The highest BCUT2D eigenvalue weighted by Gasteiger charge is 2.33. The first-order chi connectivity index (χ1) is 8.56. The molecule has 0 aliphatic heterocycles. The number of carbonyl (C=O) groups is 2. The number of rotatable bonds is 4. The van der Waals surface area contributed by atoms with Crippen molar-refractivity contribution in [1.82, 2.24) is 10.3 Å². The Morgan fingerprint density at radius 1 is 1.33 bits per heavy atom. The first kappa shape index (κ1) is 13.2. The number of ketones is 2. The summed E-state index contributed by atoms with van der Waals surface area (Å²) in [7, 11) is 0. The van der Waals surface area contributed by atoms with Crippen LogP contribution in [0.5, 0.6) is 0 Å². The predicted octanol–water partition coefficient (Wildman–Crippen LogP) is 2.84. The number of hydrogen-bond donors (Lipinski definition) is 1. The summed E-state index contributed by atoms with van der Waals surface area (Å²) in [6, 6.07) is 0. The highest BCUT2D eigenvalue weighted by Crippen LogP contribution is 2.31. The summed E-state index contributed by atoms with van der Waals surface area (Å²) < 4.78 is 0.226. The third kappa shape index (κ3) is 2.20. The number of aromatic nitrogens is 1.